The number of aliphatic hydroxyl groups is 1. The molecule has 36 heavy (non-hydrogen) atoms. The van der Waals surface area contributed by atoms with Gasteiger partial charge in [0, 0.05) is 16.0 Å². The van der Waals surface area contributed by atoms with Gasteiger partial charge in [0.2, 0.25) is 10.0 Å². The largest absolute Gasteiger partial charge is 0.372 e. The summed E-state index contributed by atoms with van der Waals surface area (Å²) in [4.78, 5) is 7.25. The van der Waals surface area contributed by atoms with Gasteiger partial charge in [-0.25, -0.2) is 13.4 Å². The van der Waals surface area contributed by atoms with Crippen LogP contribution in [-0.2, 0) is 16.6 Å². The van der Waals surface area contributed by atoms with Gasteiger partial charge in [0.05, 0.1) is 18.2 Å². The number of nitrogens with zero attached hydrogens (tertiary/aromatic N) is 3. The number of rotatable bonds is 9. The van der Waals surface area contributed by atoms with Gasteiger partial charge in [-0.3, -0.25) is 0 Å². The minimum Gasteiger partial charge on any atom is -0.372 e. The minimum atomic E-state index is -3.92. The predicted molar refractivity (Wildman–Crippen MR) is 143 cm³/mol. The maximum Gasteiger partial charge on any atom is 0.236 e. The number of anilines is 2. The second-order valence-electron chi connectivity index (χ2n) is 7.95. The van der Waals surface area contributed by atoms with Crippen molar-refractivity contribution < 1.29 is 13.5 Å². The molecule has 0 radical (unpaired) electrons. The molecule has 3 aromatic carbocycles. The molecule has 1 unspecified atom stereocenters. The highest BCUT2D eigenvalue weighted by atomic mass is 32.2. The van der Waals surface area contributed by atoms with Crippen molar-refractivity contribution in [2.45, 2.75) is 19.7 Å². The summed E-state index contributed by atoms with van der Waals surface area (Å²) in [5, 5.41) is 21.5. The Morgan fingerprint density at radius 3 is 2.33 bits per heavy atom. The Balaban J connectivity index is 1.60. The highest BCUT2D eigenvalue weighted by Crippen LogP contribution is 2.35. The van der Waals surface area contributed by atoms with Gasteiger partial charge < -0.3 is 10.0 Å². The first kappa shape index (κ1) is 25.3. The summed E-state index contributed by atoms with van der Waals surface area (Å²) in [6.45, 7) is 2.29. The van der Waals surface area contributed by atoms with Crippen molar-refractivity contribution in [2.24, 2.45) is 0 Å². The van der Waals surface area contributed by atoms with Crippen molar-refractivity contribution in [3.8, 4) is 6.07 Å². The van der Waals surface area contributed by atoms with Crippen LogP contribution in [0, 0.1) is 18.3 Å². The third-order valence-electron chi connectivity index (χ3n) is 5.32. The summed E-state index contributed by atoms with van der Waals surface area (Å²) >= 11 is 1.35. The highest BCUT2D eigenvalue weighted by molar-refractivity contribution is 7.92. The van der Waals surface area contributed by atoms with Crippen LogP contribution in [0.3, 0.4) is 0 Å². The SMILES string of the molecule is Cc1sc(N(Cc2ccccc2)c2ccc(C#N)cc2)nc1C(O)NS(=O)(=O)/C=C/c1ccccc1. The van der Waals surface area contributed by atoms with Crippen LogP contribution in [0.1, 0.15) is 33.5 Å². The topological polar surface area (TPSA) is 106 Å². The molecule has 2 N–H and O–H groups in total. The quantitative estimate of drug-likeness (QED) is 0.295. The van der Waals surface area contributed by atoms with Crippen molar-refractivity contribution in [3.05, 3.63) is 118 Å². The predicted octanol–water partition coefficient (Wildman–Crippen LogP) is 5.24. The summed E-state index contributed by atoms with van der Waals surface area (Å²) in [5.74, 6) is 0. The molecule has 0 amide bonds. The van der Waals surface area contributed by atoms with Crippen LogP contribution < -0.4 is 9.62 Å². The minimum absolute atomic E-state index is 0.235. The molecule has 7 nitrogen and oxygen atoms in total. The van der Waals surface area contributed by atoms with Crippen molar-refractivity contribution in [1.82, 2.24) is 9.71 Å². The average Bonchev–Trinajstić information content (AvgIpc) is 3.28. The van der Waals surface area contributed by atoms with E-state index >= 15 is 0 Å². The van der Waals surface area contributed by atoms with Gasteiger partial charge in [0.1, 0.15) is 5.69 Å². The number of nitrogens with one attached hydrogen (secondary N) is 1. The molecule has 182 valence electrons. The molecule has 9 heteroatoms. The first-order valence-corrected chi connectivity index (χ1v) is 13.4. The second-order valence-corrected chi connectivity index (χ2v) is 10.7. The first-order chi connectivity index (χ1) is 17.3. The average molecular weight is 517 g/mol. The molecule has 0 bridgehead atoms. The van der Waals surface area contributed by atoms with E-state index in [0.717, 1.165) is 22.2 Å². The number of aromatic nitrogens is 1. The van der Waals surface area contributed by atoms with Gasteiger partial charge in [-0.05, 0) is 48.4 Å². The van der Waals surface area contributed by atoms with E-state index in [1.807, 2.05) is 65.6 Å². The van der Waals surface area contributed by atoms with Gasteiger partial charge in [-0.2, -0.15) is 9.98 Å². The maximum absolute atomic E-state index is 12.5. The number of aryl methyl sites for hydroxylation is 1. The van der Waals surface area contributed by atoms with Crippen molar-refractivity contribution >= 4 is 38.3 Å². The standard InChI is InChI=1S/C27H24N4O3S2/c1-20-25(26(32)30-36(33,34)17-16-21-8-4-2-5-9-21)29-27(35-20)31(19-23-10-6-3-7-11-23)24-14-12-22(18-28)13-15-24/h2-17,26,30,32H,19H2,1H3/b17-16+. The highest BCUT2D eigenvalue weighted by Gasteiger charge is 2.23. The number of hydrogen-bond acceptors (Lipinski definition) is 7. The van der Waals surface area contributed by atoms with Gasteiger partial charge in [-0.1, -0.05) is 60.7 Å². The summed E-state index contributed by atoms with van der Waals surface area (Å²) in [7, 11) is -3.92. The van der Waals surface area contributed by atoms with E-state index < -0.39 is 16.3 Å². The number of nitriles is 1. The number of sulfonamides is 1. The number of aliphatic hydroxyl groups excluding tert-OH is 1. The molecule has 4 aromatic rings. The molecule has 0 spiro atoms. The van der Waals surface area contributed by atoms with Crippen LogP contribution in [0.5, 0.6) is 0 Å². The molecule has 1 heterocycles. The fourth-order valence-electron chi connectivity index (χ4n) is 3.50. The van der Waals surface area contributed by atoms with Gasteiger partial charge in [0.15, 0.2) is 11.4 Å². The van der Waals surface area contributed by atoms with E-state index in [2.05, 4.69) is 15.8 Å². The molecule has 0 saturated heterocycles. The fourth-order valence-corrected chi connectivity index (χ4v) is 5.29. The van der Waals surface area contributed by atoms with Crippen LogP contribution in [0.25, 0.3) is 6.08 Å². The molecule has 1 aromatic heterocycles. The second kappa shape index (κ2) is 11.3. The van der Waals surface area contributed by atoms with Gasteiger partial charge in [0.25, 0.3) is 0 Å². The van der Waals surface area contributed by atoms with Crippen molar-refractivity contribution in [3.63, 3.8) is 0 Å². The van der Waals surface area contributed by atoms with E-state index in [4.69, 9.17) is 5.26 Å². The molecule has 0 fully saturated rings. The molecule has 0 saturated carbocycles. The Bertz CT molecular complexity index is 1480. The van der Waals surface area contributed by atoms with E-state index in [0.29, 0.717) is 22.1 Å². The Hall–Kier alpha value is -3.81. The summed E-state index contributed by atoms with van der Waals surface area (Å²) in [5.41, 5.74) is 3.37. The van der Waals surface area contributed by atoms with E-state index in [-0.39, 0.29) is 5.69 Å². The zero-order valence-corrected chi connectivity index (χ0v) is 21.1. The lowest BCUT2D eigenvalue weighted by molar-refractivity contribution is 0.162. The maximum atomic E-state index is 12.5. The Morgan fingerprint density at radius 1 is 1.06 bits per heavy atom. The fraction of sp³-hybridized carbons (Fsp3) is 0.111. The zero-order chi connectivity index (χ0) is 25.5. The lowest BCUT2D eigenvalue weighted by Crippen LogP contribution is -2.27. The van der Waals surface area contributed by atoms with Crippen molar-refractivity contribution in [2.75, 3.05) is 4.90 Å². The van der Waals surface area contributed by atoms with Crippen LogP contribution in [0.2, 0.25) is 0 Å². The third-order valence-corrected chi connectivity index (χ3v) is 7.37. The third kappa shape index (κ3) is 6.44. The molecule has 0 aliphatic heterocycles. The molecule has 0 aliphatic carbocycles. The van der Waals surface area contributed by atoms with E-state index in [1.165, 1.54) is 17.4 Å². The van der Waals surface area contributed by atoms with Crippen LogP contribution >= 0.6 is 11.3 Å². The summed E-state index contributed by atoms with van der Waals surface area (Å²) < 4.78 is 27.4. The molecule has 1 atom stereocenters. The van der Waals surface area contributed by atoms with Crippen LogP contribution in [0.15, 0.2) is 90.3 Å². The smallest absolute Gasteiger partial charge is 0.236 e. The molecule has 0 aliphatic rings. The van der Waals surface area contributed by atoms with Gasteiger partial charge >= 0.3 is 0 Å². The zero-order valence-electron chi connectivity index (χ0n) is 19.4. The lowest BCUT2D eigenvalue weighted by atomic mass is 10.2. The molecular weight excluding hydrogens is 492 g/mol. The first-order valence-electron chi connectivity index (χ1n) is 11.1. The van der Waals surface area contributed by atoms with Crippen molar-refractivity contribution in [1.29, 1.82) is 5.26 Å². The Labute approximate surface area is 214 Å². The Morgan fingerprint density at radius 2 is 1.69 bits per heavy atom. The normalized spacial score (nSPS) is 12.4. The van der Waals surface area contributed by atoms with E-state index in [9.17, 15) is 13.5 Å². The van der Waals surface area contributed by atoms with Crippen LogP contribution in [0.4, 0.5) is 10.8 Å². The monoisotopic (exact) mass is 516 g/mol. The molecular formula is C27H24N4O3S2. The van der Waals surface area contributed by atoms with Gasteiger partial charge in [-0.15, -0.1) is 11.3 Å². The number of hydrogen-bond donors (Lipinski definition) is 2. The Kier molecular flexibility index (Phi) is 7.93. The summed E-state index contributed by atoms with van der Waals surface area (Å²) in [6.07, 6.45) is -0.0547. The molecule has 4 rings (SSSR count). The van der Waals surface area contributed by atoms with Crippen LogP contribution in [-0.4, -0.2) is 18.5 Å². The van der Waals surface area contributed by atoms with E-state index in [1.54, 1.807) is 31.2 Å². The summed E-state index contributed by atoms with van der Waals surface area (Å²) in [6, 6.07) is 28.1. The number of thiazole rings is 1. The lowest BCUT2D eigenvalue weighted by Gasteiger charge is -2.22. The number of benzene rings is 3.